The summed E-state index contributed by atoms with van der Waals surface area (Å²) in [5.74, 6) is 0.598. The third-order valence-corrected chi connectivity index (χ3v) is 6.34. The monoisotopic (exact) mass is 408 g/mol. The Hall–Kier alpha value is -2.65. The van der Waals surface area contributed by atoms with E-state index in [0.717, 1.165) is 17.2 Å². The molecule has 0 N–H and O–H groups in total. The van der Waals surface area contributed by atoms with Crippen molar-refractivity contribution in [3.05, 3.63) is 57.6 Å². The summed E-state index contributed by atoms with van der Waals surface area (Å²) in [5, 5.41) is 11.5. The third kappa shape index (κ3) is 4.60. The van der Waals surface area contributed by atoms with Gasteiger partial charge >= 0.3 is 5.69 Å². The molecule has 0 aliphatic heterocycles. The number of hydrogen-bond donors (Lipinski definition) is 0. The van der Waals surface area contributed by atoms with E-state index in [2.05, 4.69) is 0 Å². The maximum absolute atomic E-state index is 12.6. The molecule has 0 radical (unpaired) electrons. The molecular weight excluding hydrogens is 384 g/mol. The summed E-state index contributed by atoms with van der Waals surface area (Å²) in [6, 6.07) is 9.22. The van der Waals surface area contributed by atoms with E-state index in [1.54, 1.807) is 19.9 Å². The Bertz CT molecular complexity index is 955. The fourth-order valence-electron chi connectivity index (χ4n) is 2.81. The SMILES string of the molecule is CCN(CC)S(=O)(=O)c1ccc(OCc2cc(C)ccc2OC)c([N+](=O)[O-])c1. The van der Waals surface area contributed by atoms with E-state index in [1.807, 2.05) is 19.1 Å². The predicted octanol–water partition coefficient (Wildman–Crippen LogP) is 3.52. The van der Waals surface area contributed by atoms with Crippen LogP contribution in [0, 0.1) is 17.0 Å². The first kappa shape index (κ1) is 21.6. The first-order valence-corrected chi connectivity index (χ1v) is 10.2. The van der Waals surface area contributed by atoms with Crippen molar-refractivity contribution in [2.24, 2.45) is 0 Å². The van der Waals surface area contributed by atoms with Gasteiger partial charge in [0.05, 0.1) is 16.9 Å². The van der Waals surface area contributed by atoms with Gasteiger partial charge in [0, 0.05) is 24.7 Å². The zero-order chi connectivity index (χ0) is 20.9. The van der Waals surface area contributed by atoms with Crippen LogP contribution in [-0.2, 0) is 16.6 Å². The molecule has 0 atom stereocenters. The molecule has 2 aromatic rings. The van der Waals surface area contributed by atoms with Crippen molar-refractivity contribution in [3.63, 3.8) is 0 Å². The number of nitro groups is 1. The number of ether oxygens (including phenoxy) is 2. The molecule has 2 rings (SSSR count). The summed E-state index contributed by atoms with van der Waals surface area (Å²) in [6.45, 7) is 5.94. The number of sulfonamides is 1. The molecule has 0 saturated heterocycles. The van der Waals surface area contributed by atoms with E-state index >= 15 is 0 Å². The lowest BCUT2D eigenvalue weighted by atomic mass is 10.1. The van der Waals surface area contributed by atoms with Gasteiger partial charge in [0.25, 0.3) is 0 Å². The zero-order valence-corrected chi connectivity index (χ0v) is 17.2. The fourth-order valence-corrected chi connectivity index (χ4v) is 4.29. The van der Waals surface area contributed by atoms with Crippen LogP contribution in [0.4, 0.5) is 5.69 Å². The molecule has 0 aliphatic carbocycles. The normalized spacial score (nSPS) is 11.5. The van der Waals surface area contributed by atoms with E-state index in [0.29, 0.717) is 5.75 Å². The highest BCUT2D eigenvalue weighted by Crippen LogP contribution is 2.32. The summed E-state index contributed by atoms with van der Waals surface area (Å²) in [4.78, 5) is 10.7. The van der Waals surface area contributed by atoms with E-state index in [9.17, 15) is 18.5 Å². The summed E-state index contributed by atoms with van der Waals surface area (Å²) >= 11 is 0. The Morgan fingerprint density at radius 2 is 1.71 bits per heavy atom. The molecule has 2 aromatic carbocycles. The Labute approximate surface area is 164 Å². The maximum Gasteiger partial charge on any atom is 0.312 e. The molecule has 0 amide bonds. The molecule has 0 fully saturated rings. The van der Waals surface area contributed by atoms with Gasteiger partial charge < -0.3 is 9.47 Å². The highest BCUT2D eigenvalue weighted by atomic mass is 32.2. The number of rotatable bonds is 9. The quantitative estimate of drug-likeness (QED) is 0.465. The molecule has 9 heteroatoms. The van der Waals surface area contributed by atoms with E-state index in [-0.39, 0.29) is 30.3 Å². The summed E-state index contributed by atoms with van der Waals surface area (Å²) in [7, 11) is -2.27. The second-order valence-electron chi connectivity index (χ2n) is 6.08. The molecule has 0 saturated carbocycles. The van der Waals surface area contributed by atoms with Gasteiger partial charge in [-0.15, -0.1) is 0 Å². The number of hydrogen-bond acceptors (Lipinski definition) is 6. The molecule has 28 heavy (non-hydrogen) atoms. The van der Waals surface area contributed by atoms with Gasteiger partial charge in [-0.05, 0) is 31.2 Å². The Balaban J connectivity index is 2.37. The molecule has 0 aromatic heterocycles. The minimum atomic E-state index is -3.80. The van der Waals surface area contributed by atoms with Crippen LogP contribution in [-0.4, -0.2) is 37.8 Å². The summed E-state index contributed by atoms with van der Waals surface area (Å²) in [5.41, 5.74) is 1.33. The lowest BCUT2D eigenvalue weighted by Gasteiger charge is -2.18. The van der Waals surface area contributed by atoms with Crippen molar-refractivity contribution in [2.75, 3.05) is 20.2 Å². The van der Waals surface area contributed by atoms with Crippen LogP contribution in [0.1, 0.15) is 25.0 Å². The first-order valence-electron chi connectivity index (χ1n) is 8.79. The number of nitrogens with zero attached hydrogens (tertiary/aromatic N) is 2. The van der Waals surface area contributed by atoms with Crippen LogP contribution in [0.15, 0.2) is 41.3 Å². The molecule has 8 nitrogen and oxygen atoms in total. The summed E-state index contributed by atoms with van der Waals surface area (Å²) < 4.78 is 37.4. The van der Waals surface area contributed by atoms with E-state index < -0.39 is 20.6 Å². The summed E-state index contributed by atoms with van der Waals surface area (Å²) in [6.07, 6.45) is 0. The second kappa shape index (κ2) is 9.03. The van der Waals surface area contributed by atoms with Gasteiger partial charge in [0.15, 0.2) is 5.75 Å². The third-order valence-electron chi connectivity index (χ3n) is 4.29. The van der Waals surface area contributed by atoms with Crippen molar-refractivity contribution < 1.29 is 22.8 Å². The molecule has 0 unspecified atom stereocenters. The van der Waals surface area contributed by atoms with Gasteiger partial charge in [-0.1, -0.05) is 25.5 Å². The van der Waals surface area contributed by atoms with E-state index in [4.69, 9.17) is 9.47 Å². The second-order valence-corrected chi connectivity index (χ2v) is 8.02. The maximum atomic E-state index is 12.6. The smallest absolute Gasteiger partial charge is 0.312 e. The fraction of sp³-hybridized carbons (Fsp3) is 0.368. The molecule has 152 valence electrons. The number of aryl methyl sites for hydroxylation is 1. The van der Waals surface area contributed by atoms with Crippen molar-refractivity contribution in [1.82, 2.24) is 4.31 Å². The average Bonchev–Trinajstić information content (AvgIpc) is 2.67. The van der Waals surface area contributed by atoms with Crippen LogP contribution in [0.3, 0.4) is 0 Å². The van der Waals surface area contributed by atoms with Crippen molar-refractivity contribution >= 4 is 15.7 Å². The number of benzene rings is 2. The number of methoxy groups -OCH3 is 1. The Morgan fingerprint density at radius 3 is 2.29 bits per heavy atom. The minimum Gasteiger partial charge on any atom is -0.496 e. The number of nitro benzene ring substituents is 1. The Morgan fingerprint density at radius 1 is 1.07 bits per heavy atom. The van der Waals surface area contributed by atoms with Gasteiger partial charge in [0.2, 0.25) is 10.0 Å². The zero-order valence-electron chi connectivity index (χ0n) is 16.3. The van der Waals surface area contributed by atoms with Crippen molar-refractivity contribution in [3.8, 4) is 11.5 Å². The highest BCUT2D eigenvalue weighted by molar-refractivity contribution is 7.89. The molecular formula is C19H24N2O6S. The van der Waals surface area contributed by atoms with Crippen LogP contribution in [0.2, 0.25) is 0 Å². The minimum absolute atomic E-state index is 0.00736. The van der Waals surface area contributed by atoms with Crippen LogP contribution >= 0.6 is 0 Å². The Kier molecular flexibility index (Phi) is 6.98. The first-order chi connectivity index (χ1) is 13.2. The molecule has 0 aliphatic rings. The van der Waals surface area contributed by atoms with E-state index in [1.165, 1.54) is 23.5 Å². The van der Waals surface area contributed by atoms with Gasteiger partial charge in [0.1, 0.15) is 12.4 Å². The van der Waals surface area contributed by atoms with Crippen LogP contribution < -0.4 is 9.47 Å². The van der Waals surface area contributed by atoms with Crippen LogP contribution in [0.5, 0.6) is 11.5 Å². The van der Waals surface area contributed by atoms with Crippen LogP contribution in [0.25, 0.3) is 0 Å². The van der Waals surface area contributed by atoms with Gasteiger partial charge in [-0.25, -0.2) is 8.42 Å². The largest absolute Gasteiger partial charge is 0.496 e. The van der Waals surface area contributed by atoms with Gasteiger partial charge in [-0.2, -0.15) is 4.31 Å². The lowest BCUT2D eigenvalue weighted by molar-refractivity contribution is -0.386. The lowest BCUT2D eigenvalue weighted by Crippen LogP contribution is -2.30. The topological polar surface area (TPSA) is 99.0 Å². The van der Waals surface area contributed by atoms with Crippen molar-refractivity contribution in [1.29, 1.82) is 0 Å². The predicted molar refractivity (Wildman–Crippen MR) is 105 cm³/mol. The molecule has 0 heterocycles. The molecule has 0 bridgehead atoms. The highest BCUT2D eigenvalue weighted by Gasteiger charge is 2.26. The average molecular weight is 408 g/mol. The van der Waals surface area contributed by atoms with Gasteiger partial charge in [-0.3, -0.25) is 10.1 Å². The van der Waals surface area contributed by atoms with Crippen molar-refractivity contribution in [2.45, 2.75) is 32.3 Å². The standard InChI is InChI=1S/C19H24N2O6S/c1-5-20(6-2)28(24,25)16-8-10-19(17(12-16)21(22)23)27-13-15-11-14(3)7-9-18(15)26-4/h7-12H,5-6,13H2,1-4H3. The molecule has 0 spiro atoms.